The summed E-state index contributed by atoms with van der Waals surface area (Å²) < 4.78 is 2.66. The molecule has 0 fully saturated rings. The first-order chi connectivity index (χ1) is 15.9. The monoisotopic (exact) mass is 441 g/mol. The van der Waals surface area contributed by atoms with Gasteiger partial charge in [0.2, 0.25) is 0 Å². The summed E-state index contributed by atoms with van der Waals surface area (Å²) in [5, 5.41) is 4.02. The molecule has 8 nitrogen and oxygen atoms in total. The topological polar surface area (TPSA) is 105 Å². The van der Waals surface area contributed by atoms with Crippen molar-refractivity contribution < 1.29 is 4.79 Å². The number of H-pyrrole nitrogens is 2. The molecule has 0 spiro atoms. The van der Waals surface area contributed by atoms with Gasteiger partial charge in [0.1, 0.15) is 5.52 Å². The summed E-state index contributed by atoms with van der Waals surface area (Å²) in [6.07, 6.45) is 4.17. The first kappa shape index (κ1) is 20.6. The van der Waals surface area contributed by atoms with E-state index in [1.165, 1.54) is 0 Å². The molecular formula is C25H23N5O3. The number of hydrogen-bond acceptors (Lipinski definition) is 3. The van der Waals surface area contributed by atoms with E-state index >= 15 is 0 Å². The van der Waals surface area contributed by atoms with E-state index in [0.29, 0.717) is 18.7 Å². The number of benzene rings is 2. The Bertz CT molecular complexity index is 1620. The van der Waals surface area contributed by atoms with Gasteiger partial charge in [-0.2, -0.15) is 0 Å². The number of aryl methyl sites for hydroxylation is 2. The molecule has 3 heterocycles. The first-order valence-electron chi connectivity index (χ1n) is 10.7. The van der Waals surface area contributed by atoms with Crippen LogP contribution in [0, 0.1) is 6.92 Å². The summed E-state index contributed by atoms with van der Waals surface area (Å²) in [6, 6.07) is 15.1. The van der Waals surface area contributed by atoms with Crippen molar-refractivity contribution in [2.24, 2.45) is 7.05 Å². The maximum Gasteiger partial charge on any atom is 0.333 e. The van der Waals surface area contributed by atoms with Crippen LogP contribution in [-0.4, -0.2) is 31.6 Å². The molecule has 33 heavy (non-hydrogen) atoms. The number of aromatic nitrogens is 4. The number of amides is 1. The zero-order valence-corrected chi connectivity index (χ0v) is 18.3. The van der Waals surface area contributed by atoms with Crippen LogP contribution in [-0.2, 0) is 13.5 Å². The molecule has 3 aromatic heterocycles. The lowest BCUT2D eigenvalue weighted by Gasteiger charge is -2.07. The van der Waals surface area contributed by atoms with Crippen LogP contribution in [0.4, 0.5) is 0 Å². The normalized spacial score (nSPS) is 11.3. The van der Waals surface area contributed by atoms with Gasteiger partial charge in [0, 0.05) is 36.9 Å². The van der Waals surface area contributed by atoms with Gasteiger partial charge < -0.3 is 19.9 Å². The third-order valence-corrected chi connectivity index (χ3v) is 5.91. The van der Waals surface area contributed by atoms with Crippen molar-refractivity contribution in [1.29, 1.82) is 0 Å². The summed E-state index contributed by atoms with van der Waals surface area (Å²) in [5.74, 6) is -0.344. The number of para-hydroxylation sites is 1. The van der Waals surface area contributed by atoms with Crippen molar-refractivity contribution in [2.45, 2.75) is 13.3 Å². The standard InChI is InChI=1S/C25H23N5O3/c1-15-7-9-17(10-8-15)30-24(32)22-21(28-25(30)33)19(14-29(22)2)23(31)26-12-11-16-13-27-20-6-4-3-5-18(16)20/h3-10,13-14,27H,11-12H2,1-2H3,(H,26,31)(H,28,33). The number of nitrogens with one attached hydrogen (secondary N) is 3. The molecule has 3 N–H and O–H groups in total. The van der Waals surface area contributed by atoms with E-state index < -0.39 is 11.2 Å². The molecule has 2 aromatic carbocycles. The number of carbonyl (C=O) groups excluding carboxylic acids is 1. The summed E-state index contributed by atoms with van der Waals surface area (Å²) in [4.78, 5) is 44.8. The van der Waals surface area contributed by atoms with E-state index in [4.69, 9.17) is 0 Å². The Labute approximate surface area is 188 Å². The van der Waals surface area contributed by atoms with E-state index in [1.807, 2.05) is 49.5 Å². The van der Waals surface area contributed by atoms with Crippen molar-refractivity contribution in [1.82, 2.24) is 24.4 Å². The zero-order chi connectivity index (χ0) is 23.1. The molecule has 0 unspecified atom stereocenters. The Morgan fingerprint density at radius 1 is 1.06 bits per heavy atom. The van der Waals surface area contributed by atoms with Gasteiger partial charge in [-0.15, -0.1) is 0 Å². The third-order valence-electron chi connectivity index (χ3n) is 5.91. The van der Waals surface area contributed by atoms with Crippen molar-refractivity contribution in [3.8, 4) is 5.69 Å². The molecule has 0 aliphatic carbocycles. The van der Waals surface area contributed by atoms with Crippen molar-refractivity contribution in [2.75, 3.05) is 6.54 Å². The SMILES string of the molecule is Cc1ccc(-n2c(=O)[nH]c3c(C(=O)NCCc4c[nH]c5ccccc45)cn(C)c3c2=O)cc1. The van der Waals surface area contributed by atoms with Gasteiger partial charge in [-0.1, -0.05) is 35.9 Å². The van der Waals surface area contributed by atoms with Gasteiger partial charge in [-0.3, -0.25) is 9.59 Å². The number of nitrogens with zero attached hydrogens (tertiary/aromatic N) is 2. The molecule has 166 valence electrons. The van der Waals surface area contributed by atoms with Crippen molar-refractivity contribution >= 4 is 27.8 Å². The fourth-order valence-corrected chi connectivity index (χ4v) is 4.22. The minimum absolute atomic E-state index is 0.237. The van der Waals surface area contributed by atoms with E-state index in [-0.39, 0.29) is 22.5 Å². The molecule has 8 heteroatoms. The highest BCUT2D eigenvalue weighted by molar-refractivity contribution is 6.05. The van der Waals surface area contributed by atoms with Gasteiger partial charge in [0.25, 0.3) is 11.5 Å². The van der Waals surface area contributed by atoms with Gasteiger partial charge in [-0.25, -0.2) is 9.36 Å². The fraction of sp³-hybridized carbons (Fsp3) is 0.160. The highest BCUT2D eigenvalue weighted by Gasteiger charge is 2.20. The number of carbonyl (C=O) groups is 1. The predicted octanol–water partition coefficient (Wildman–Crippen LogP) is 2.78. The molecule has 1 amide bonds. The zero-order valence-electron chi connectivity index (χ0n) is 18.3. The average Bonchev–Trinajstić information content (AvgIpc) is 3.36. The Kier molecular flexibility index (Phi) is 4.97. The number of aromatic amines is 2. The summed E-state index contributed by atoms with van der Waals surface area (Å²) in [5.41, 5.74) is 3.35. The second-order valence-electron chi connectivity index (χ2n) is 8.15. The Hall–Kier alpha value is -4.33. The molecule has 0 saturated carbocycles. The summed E-state index contributed by atoms with van der Waals surface area (Å²) in [6.45, 7) is 2.35. The van der Waals surface area contributed by atoms with Crippen LogP contribution in [0.2, 0.25) is 0 Å². The Morgan fingerprint density at radius 2 is 1.82 bits per heavy atom. The van der Waals surface area contributed by atoms with Crippen LogP contribution in [0.3, 0.4) is 0 Å². The number of rotatable bonds is 5. The largest absolute Gasteiger partial charge is 0.361 e. The summed E-state index contributed by atoms with van der Waals surface area (Å²) >= 11 is 0. The maximum absolute atomic E-state index is 13.2. The fourth-order valence-electron chi connectivity index (χ4n) is 4.22. The van der Waals surface area contributed by atoms with Crippen LogP contribution in [0.15, 0.2) is 70.5 Å². The van der Waals surface area contributed by atoms with Crippen LogP contribution in [0.1, 0.15) is 21.5 Å². The van der Waals surface area contributed by atoms with Crippen molar-refractivity contribution in [3.05, 3.63) is 98.5 Å². The summed E-state index contributed by atoms with van der Waals surface area (Å²) in [7, 11) is 1.68. The Balaban J connectivity index is 1.43. The lowest BCUT2D eigenvalue weighted by atomic mass is 10.1. The minimum atomic E-state index is -0.588. The average molecular weight is 441 g/mol. The molecular weight excluding hydrogens is 418 g/mol. The first-order valence-corrected chi connectivity index (χ1v) is 10.7. The highest BCUT2D eigenvalue weighted by atomic mass is 16.2. The highest BCUT2D eigenvalue weighted by Crippen LogP contribution is 2.18. The van der Waals surface area contributed by atoms with E-state index in [1.54, 1.807) is 29.9 Å². The smallest absolute Gasteiger partial charge is 0.333 e. The molecule has 0 radical (unpaired) electrons. The number of fused-ring (bicyclic) bond motifs is 2. The lowest BCUT2D eigenvalue weighted by molar-refractivity contribution is 0.0955. The lowest BCUT2D eigenvalue weighted by Crippen LogP contribution is -2.34. The second kappa shape index (κ2) is 7.98. The van der Waals surface area contributed by atoms with Gasteiger partial charge in [-0.05, 0) is 37.1 Å². The van der Waals surface area contributed by atoms with Gasteiger partial charge in [0.15, 0.2) is 0 Å². The van der Waals surface area contributed by atoms with Gasteiger partial charge in [0.05, 0.1) is 16.8 Å². The predicted molar refractivity (Wildman–Crippen MR) is 128 cm³/mol. The molecule has 0 bridgehead atoms. The quantitative estimate of drug-likeness (QED) is 0.391. The molecule has 0 saturated heterocycles. The molecule has 5 rings (SSSR count). The molecule has 0 aliphatic heterocycles. The van der Waals surface area contributed by atoms with Crippen LogP contribution in [0.25, 0.3) is 27.6 Å². The minimum Gasteiger partial charge on any atom is -0.361 e. The second-order valence-corrected chi connectivity index (χ2v) is 8.15. The Morgan fingerprint density at radius 3 is 2.61 bits per heavy atom. The maximum atomic E-state index is 13.2. The van der Waals surface area contributed by atoms with Crippen LogP contribution >= 0.6 is 0 Å². The van der Waals surface area contributed by atoms with E-state index in [9.17, 15) is 14.4 Å². The van der Waals surface area contributed by atoms with Crippen LogP contribution in [0.5, 0.6) is 0 Å². The van der Waals surface area contributed by atoms with Gasteiger partial charge >= 0.3 is 5.69 Å². The van der Waals surface area contributed by atoms with Crippen molar-refractivity contribution in [3.63, 3.8) is 0 Å². The molecule has 5 aromatic rings. The van der Waals surface area contributed by atoms with Crippen LogP contribution < -0.4 is 16.6 Å². The molecule has 0 aliphatic rings. The molecule has 0 atom stereocenters. The van der Waals surface area contributed by atoms with E-state index in [2.05, 4.69) is 15.3 Å². The third kappa shape index (κ3) is 3.55. The van der Waals surface area contributed by atoms with E-state index in [0.717, 1.165) is 26.6 Å². The number of hydrogen-bond donors (Lipinski definition) is 3.